The van der Waals surface area contributed by atoms with Crippen molar-refractivity contribution in [3.8, 4) is 6.07 Å². The van der Waals surface area contributed by atoms with Crippen molar-refractivity contribution in [2.75, 3.05) is 6.54 Å². The summed E-state index contributed by atoms with van der Waals surface area (Å²) in [5.41, 5.74) is 0.433. The molecule has 0 spiro atoms. The van der Waals surface area contributed by atoms with Crippen LogP contribution in [0.25, 0.3) is 0 Å². The van der Waals surface area contributed by atoms with Crippen LogP contribution in [0, 0.1) is 11.3 Å². The van der Waals surface area contributed by atoms with Crippen molar-refractivity contribution in [1.29, 1.82) is 5.26 Å². The number of sulfonamides is 1. The van der Waals surface area contributed by atoms with Gasteiger partial charge in [-0.25, -0.2) is 8.42 Å². The smallest absolute Gasteiger partial charge is 0.243 e. The molecule has 0 saturated heterocycles. The molecule has 0 atom stereocenters. The summed E-state index contributed by atoms with van der Waals surface area (Å²) in [5, 5.41) is 16.4. The zero-order valence-electron chi connectivity index (χ0n) is 10.5. The van der Waals surface area contributed by atoms with E-state index in [-0.39, 0.29) is 11.4 Å². The molecule has 0 amide bonds. The van der Waals surface area contributed by atoms with Crippen LogP contribution in [0.2, 0.25) is 0 Å². The number of aromatic nitrogens is 3. The molecule has 20 heavy (non-hydrogen) atoms. The maximum Gasteiger partial charge on any atom is 0.243 e. The molecule has 2 aromatic rings. The van der Waals surface area contributed by atoms with Gasteiger partial charge in [-0.15, -0.1) is 10.2 Å². The van der Waals surface area contributed by atoms with E-state index in [1.807, 2.05) is 10.6 Å². The Morgan fingerprint density at radius 1 is 1.20 bits per heavy atom. The molecule has 1 aromatic carbocycles. The number of hydrogen-bond donors (Lipinski definition) is 0. The normalized spacial score (nSPS) is 15.6. The molecule has 0 bridgehead atoms. The van der Waals surface area contributed by atoms with Crippen molar-refractivity contribution < 1.29 is 8.42 Å². The molecule has 1 aliphatic rings. The van der Waals surface area contributed by atoms with Crippen LogP contribution in [0.5, 0.6) is 0 Å². The van der Waals surface area contributed by atoms with E-state index in [4.69, 9.17) is 5.26 Å². The molecular formula is C12H11N5O2S. The van der Waals surface area contributed by atoms with Gasteiger partial charge in [0.1, 0.15) is 12.2 Å². The summed E-state index contributed by atoms with van der Waals surface area (Å²) in [6, 6.07) is 7.87. The van der Waals surface area contributed by atoms with E-state index in [1.54, 1.807) is 6.33 Å². The van der Waals surface area contributed by atoms with Gasteiger partial charge < -0.3 is 4.57 Å². The summed E-state index contributed by atoms with van der Waals surface area (Å²) in [6.07, 6.45) is 1.60. The molecule has 0 saturated carbocycles. The second-order valence-corrected chi connectivity index (χ2v) is 6.35. The van der Waals surface area contributed by atoms with Gasteiger partial charge in [0.25, 0.3) is 0 Å². The fourth-order valence-electron chi connectivity index (χ4n) is 2.10. The number of nitriles is 1. The lowest BCUT2D eigenvalue weighted by molar-refractivity contribution is 0.335. The van der Waals surface area contributed by atoms with Crippen molar-refractivity contribution in [2.45, 2.75) is 18.0 Å². The van der Waals surface area contributed by atoms with Crippen LogP contribution in [0.3, 0.4) is 0 Å². The molecule has 1 aromatic heterocycles. The largest absolute Gasteiger partial charge is 0.315 e. The number of benzene rings is 1. The Morgan fingerprint density at radius 3 is 2.65 bits per heavy atom. The van der Waals surface area contributed by atoms with Crippen LogP contribution in [0.1, 0.15) is 11.4 Å². The third kappa shape index (κ3) is 2.07. The van der Waals surface area contributed by atoms with Gasteiger partial charge in [-0.1, -0.05) is 0 Å². The summed E-state index contributed by atoms with van der Waals surface area (Å²) in [6.45, 7) is 1.13. The highest BCUT2D eigenvalue weighted by Crippen LogP contribution is 2.20. The maximum absolute atomic E-state index is 12.5. The monoisotopic (exact) mass is 289 g/mol. The summed E-state index contributed by atoms with van der Waals surface area (Å²) < 4.78 is 28.2. The Labute approximate surface area is 116 Å². The maximum atomic E-state index is 12.5. The fraction of sp³-hybridized carbons (Fsp3) is 0.250. The van der Waals surface area contributed by atoms with Crippen LogP contribution in [-0.4, -0.2) is 34.0 Å². The molecule has 102 valence electrons. The molecule has 0 radical (unpaired) electrons. The minimum Gasteiger partial charge on any atom is -0.315 e. The Morgan fingerprint density at radius 2 is 1.95 bits per heavy atom. The van der Waals surface area contributed by atoms with Gasteiger partial charge in [-0.05, 0) is 24.3 Å². The van der Waals surface area contributed by atoms with E-state index < -0.39 is 10.0 Å². The molecule has 0 fully saturated rings. The number of rotatable bonds is 2. The number of nitrogens with zero attached hydrogens (tertiary/aromatic N) is 5. The number of fused-ring (bicyclic) bond motifs is 1. The molecule has 1 aliphatic heterocycles. The molecular weight excluding hydrogens is 278 g/mol. The van der Waals surface area contributed by atoms with Gasteiger partial charge in [0, 0.05) is 13.1 Å². The van der Waals surface area contributed by atoms with Crippen LogP contribution in [-0.2, 0) is 23.1 Å². The molecule has 0 aliphatic carbocycles. The third-order valence-electron chi connectivity index (χ3n) is 3.22. The molecule has 8 heteroatoms. The van der Waals surface area contributed by atoms with Crippen molar-refractivity contribution in [2.24, 2.45) is 0 Å². The quantitative estimate of drug-likeness (QED) is 0.795. The van der Waals surface area contributed by atoms with Crippen LogP contribution < -0.4 is 0 Å². The van der Waals surface area contributed by atoms with E-state index in [9.17, 15) is 8.42 Å². The average molecular weight is 289 g/mol. The third-order valence-corrected chi connectivity index (χ3v) is 5.08. The minimum absolute atomic E-state index is 0.185. The predicted octanol–water partition coefficient (Wildman–Crippen LogP) is 0.354. The van der Waals surface area contributed by atoms with Crippen LogP contribution in [0.15, 0.2) is 35.5 Å². The van der Waals surface area contributed by atoms with Gasteiger partial charge in [0.15, 0.2) is 0 Å². The molecule has 7 nitrogen and oxygen atoms in total. The highest BCUT2D eigenvalue weighted by atomic mass is 32.2. The first-order valence-electron chi connectivity index (χ1n) is 5.98. The standard InChI is InChI=1S/C12H11N5O2S/c13-7-10-1-3-11(4-2-10)20(18,19)17-6-5-16-9-14-15-12(16)8-17/h1-4,9H,5-6,8H2. The topological polar surface area (TPSA) is 91.9 Å². The van der Waals surface area contributed by atoms with Crippen molar-refractivity contribution >= 4 is 10.0 Å². The first-order valence-corrected chi connectivity index (χ1v) is 7.42. The highest BCUT2D eigenvalue weighted by Gasteiger charge is 2.29. The molecule has 3 rings (SSSR count). The minimum atomic E-state index is -3.56. The molecule has 0 unspecified atom stereocenters. The lowest BCUT2D eigenvalue weighted by Crippen LogP contribution is -2.38. The fourth-order valence-corrected chi connectivity index (χ4v) is 3.49. The average Bonchev–Trinajstić information content (AvgIpc) is 2.94. The zero-order chi connectivity index (χ0) is 14.2. The lowest BCUT2D eigenvalue weighted by Gasteiger charge is -2.26. The van der Waals surface area contributed by atoms with E-state index >= 15 is 0 Å². The summed E-state index contributed by atoms with van der Waals surface area (Å²) >= 11 is 0. The van der Waals surface area contributed by atoms with Crippen molar-refractivity contribution in [3.63, 3.8) is 0 Å². The Kier molecular flexibility index (Phi) is 3.00. The summed E-state index contributed by atoms with van der Waals surface area (Å²) in [7, 11) is -3.56. The Hall–Kier alpha value is -2.24. The van der Waals surface area contributed by atoms with E-state index in [0.29, 0.717) is 24.5 Å². The zero-order valence-corrected chi connectivity index (χ0v) is 11.3. The second-order valence-electron chi connectivity index (χ2n) is 4.42. The first kappa shape index (κ1) is 12.8. The van der Waals surface area contributed by atoms with E-state index in [2.05, 4.69) is 10.2 Å². The molecule has 2 heterocycles. The SMILES string of the molecule is N#Cc1ccc(S(=O)(=O)N2CCn3cnnc3C2)cc1. The second kappa shape index (κ2) is 4.70. The Balaban J connectivity index is 1.91. The van der Waals surface area contributed by atoms with Crippen LogP contribution >= 0.6 is 0 Å². The van der Waals surface area contributed by atoms with E-state index in [0.717, 1.165) is 0 Å². The first-order chi connectivity index (χ1) is 9.61. The predicted molar refractivity (Wildman–Crippen MR) is 68.8 cm³/mol. The van der Waals surface area contributed by atoms with E-state index in [1.165, 1.54) is 28.6 Å². The number of hydrogen-bond acceptors (Lipinski definition) is 5. The summed E-state index contributed by atoms with van der Waals surface area (Å²) in [4.78, 5) is 0.185. The van der Waals surface area contributed by atoms with Crippen molar-refractivity contribution in [3.05, 3.63) is 42.0 Å². The van der Waals surface area contributed by atoms with Gasteiger partial charge in [-0.2, -0.15) is 9.57 Å². The van der Waals surface area contributed by atoms with Gasteiger partial charge in [0.05, 0.1) is 23.1 Å². The van der Waals surface area contributed by atoms with Gasteiger partial charge >= 0.3 is 0 Å². The van der Waals surface area contributed by atoms with Crippen LogP contribution in [0.4, 0.5) is 0 Å². The van der Waals surface area contributed by atoms with Gasteiger partial charge in [0.2, 0.25) is 10.0 Å². The van der Waals surface area contributed by atoms with Gasteiger partial charge in [-0.3, -0.25) is 0 Å². The Bertz CT molecular complexity index is 773. The molecule has 0 N–H and O–H groups in total. The highest BCUT2D eigenvalue weighted by molar-refractivity contribution is 7.89. The summed E-state index contributed by atoms with van der Waals surface area (Å²) in [5.74, 6) is 0.633. The van der Waals surface area contributed by atoms with Crippen molar-refractivity contribution in [1.82, 2.24) is 19.1 Å². The lowest BCUT2D eigenvalue weighted by atomic mass is 10.2.